The molecule has 106 valence electrons. The van der Waals surface area contributed by atoms with Crippen molar-refractivity contribution in [2.24, 2.45) is 5.92 Å². The van der Waals surface area contributed by atoms with E-state index in [1.54, 1.807) is 0 Å². The van der Waals surface area contributed by atoms with E-state index in [4.69, 9.17) is 10.5 Å². The van der Waals surface area contributed by atoms with Gasteiger partial charge in [-0.05, 0) is 52.3 Å². The Hall–Kier alpha value is -1.13. The first-order valence-corrected chi connectivity index (χ1v) is 6.55. The molecule has 1 aliphatic rings. The molecule has 4 heteroatoms. The van der Waals surface area contributed by atoms with Crippen LogP contribution in [0.4, 0.5) is 10.1 Å². The van der Waals surface area contributed by atoms with Crippen LogP contribution < -0.4 is 5.73 Å². The molecular formula is C15H22FNO2. The van der Waals surface area contributed by atoms with E-state index in [1.807, 2.05) is 27.7 Å². The Morgan fingerprint density at radius 3 is 2.53 bits per heavy atom. The van der Waals surface area contributed by atoms with Crippen LogP contribution in [-0.2, 0) is 4.74 Å². The molecule has 0 aromatic heterocycles. The third-order valence-electron chi connectivity index (χ3n) is 3.89. The summed E-state index contributed by atoms with van der Waals surface area (Å²) in [6, 6.07) is 4.09. The number of aliphatic hydroxyl groups excluding tert-OH is 1. The summed E-state index contributed by atoms with van der Waals surface area (Å²) in [6.07, 6.45) is -0.121. The zero-order chi connectivity index (χ0) is 14.4. The van der Waals surface area contributed by atoms with E-state index in [0.29, 0.717) is 17.7 Å². The van der Waals surface area contributed by atoms with E-state index >= 15 is 0 Å². The van der Waals surface area contributed by atoms with Crippen LogP contribution in [0.25, 0.3) is 0 Å². The molecule has 0 aliphatic carbocycles. The summed E-state index contributed by atoms with van der Waals surface area (Å²) < 4.78 is 19.3. The van der Waals surface area contributed by atoms with Gasteiger partial charge in [-0.2, -0.15) is 0 Å². The van der Waals surface area contributed by atoms with Crippen molar-refractivity contribution in [2.75, 3.05) is 5.73 Å². The molecular weight excluding hydrogens is 245 g/mol. The number of ether oxygens (including phenoxy) is 1. The predicted molar refractivity (Wildman–Crippen MR) is 73.1 cm³/mol. The van der Waals surface area contributed by atoms with Gasteiger partial charge in [-0.25, -0.2) is 4.39 Å². The number of benzene rings is 1. The Labute approximate surface area is 113 Å². The molecule has 0 amide bonds. The Balaban J connectivity index is 2.34. The number of nitrogens with two attached hydrogens (primary N) is 1. The fourth-order valence-electron chi connectivity index (χ4n) is 3.12. The van der Waals surface area contributed by atoms with Crippen molar-refractivity contribution in [1.29, 1.82) is 0 Å². The minimum atomic E-state index is -0.826. The molecule has 1 aromatic carbocycles. The highest BCUT2D eigenvalue weighted by Crippen LogP contribution is 2.48. The standard InChI is InChI=1S/C15H22FNO2/c1-14(2)8-11(15(3,4)19-14)13(18)10-7-9(16)5-6-12(10)17/h5-7,11,13,18H,8,17H2,1-4H3. The van der Waals surface area contributed by atoms with E-state index < -0.39 is 11.7 Å². The maximum absolute atomic E-state index is 13.3. The van der Waals surface area contributed by atoms with Crippen molar-refractivity contribution in [3.05, 3.63) is 29.6 Å². The zero-order valence-electron chi connectivity index (χ0n) is 11.9. The van der Waals surface area contributed by atoms with Crippen molar-refractivity contribution >= 4 is 5.69 Å². The fraction of sp³-hybridized carbons (Fsp3) is 0.600. The molecule has 1 aliphatic heterocycles. The molecule has 2 unspecified atom stereocenters. The minimum absolute atomic E-state index is 0.119. The van der Waals surface area contributed by atoms with E-state index in [-0.39, 0.29) is 17.3 Å². The van der Waals surface area contributed by atoms with Gasteiger partial charge in [0.15, 0.2) is 0 Å². The molecule has 19 heavy (non-hydrogen) atoms. The highest BCUT2D eigenvalue weighted by Gasteiger charge is 2.49. The SMILES string of the molecule is CC1(C)CC(C(O)c2cc(F)ccc2N)C(C)(C)O1. The van der Waals surface area contributed by atoms with Crippen LogP contribution >= 0.6 is 0 Å². The monoisotopic (exact) mass is 267 g/mol. The number of halogens is 1. The number of hydrogen-bond donors (Lipinski definition) is 2. The van der Waals surface area contributed by atoms with Gasteiger partial charge in [0, 0.05) is 17.2 Å². The van der Waals surface area contributed by atoms with E-state index in [1.165, 1.54) is 18.2 Å². The van der Waals surface area contributed by atoms with Gasteiger partial charge in [0.25, 0.3) is 0 Å². The van der Waals surface area contributed by atoms with Crippen LogP contribution in [-0.4, -0.2) is 16.3 Å². The number of nitrogen functional groups attached to an aromatic ring is 1. The molecule has 1 fully saturated rings. The number of aliphatic hydroxyl groups is 1. The Morgan fingerprint density at radius 2 is 2.00 bits per heavy atom. The van der Waals surface area contributed by atoms with Crippen LogP contribution in [0.5, 0.6) is 0 Å². The Bertz CT molecular complexity index is 485. The van der Waals surface area contributed by atoms with Crippen molar-refractivity contribution in [2.45, 2.75) is 51.4 Å². The molecule has 1 heterocycles. The summed E-state index contributed by atoms with van der Waals surface area (Å²) in [6.45, 7) is 7.89. The highest BCUT2D eigenvalue weighted by atomic mass is 19.1. The summed E-state index contributed by atoms with van der Waals surface area (Å²) in [7, 11) is 0. The molecule has 0 radical (unpaired) electrons. The largest absolute Gasteiger partial charge is 0.398 e. The minimum Gasteiger partial charge on any atom is -0.398 e. The molecule has 2 rings (SSSR count). The first-order chi connectivity index (χ1) is 8.62. The Kier molecular flexibility index (Phi) is 3.35. The quantitative estimate of drug-likeness (QED) is 0.810. The molecule has 1 aromatic rings. The van der Waals surface area contributed by atoms with Gasteiger partial charge in [-0.1, -0.05) is 0 Å². The van der Waals surface area contributed by atoms with Gasteiger partial charge in [-0.15, -0.1) is 0 Å². The second-order valence-electron chi connectivity index (χ2n) is 6.49. The van der Waals surface area contributed by atoms with Gasteiger partial charge >= 0.3 is 0 Å². The van der Waals surface area contributed by atoms with Gasteiger partial charge in [0.2, 0.25) is 0 Å². The first kappa shape index (κ1) is 14.3. The lowest BCUT2D eigenvalue weighted by Crippen LogP contribution is -2.33. The summed E-state index contributed by atoms with van der Waals surface area (Å²) in [5, 5.41) is 10.6. The van der Waals surface area contributed by atoms with Crippen LogP contribution in [0.15, 0.2) is 18.2 Å². The molecule has 0 spiro atoms. The second-order valence-corrected chi connectivity index (χ2v) is 6.49. The fourth-order valence-corrected chi connectivity index (χ4v) is 3.12. The number of rotatable bonds is 2. The molecule has 1 saturated heterocycles. The average molecular weight is 267 g/mol. The maximum Gasteiger partial charge on any atom is 0.123 e. The summed E-state index contributed by atoms with van der Waals surface area (Å²) in [4.78, 5) is 0. The van der Waals surface area contributed by atoms with Crippen molar-refractivity contribution < 1.29 is 14.2 Å². The lowest BCUT2D eigenvalue weighted by Gasteiger charge is -2.30. The molecule has 0 bridgehead atoms. The van der Waals surface area contributed by atoms with Gasteiger partial charge in [0.1, 0.15) is 5.82 Å². The summed E-state index contributed by atoms with van der Waals surface area (Å²) in [5.41, 5.74) is 5.94. The Morgan fingerprint density at radius 1 is 1.37 bits per heavy atom. The average Bonchev–Trinajstić information content (AvgIpc) is 2.49. The molecule has 3 N–H and O–H groups in total. The van der Waals surface area contributed by atoms with Gasteiger partial charge in [0.05, 0.1) is 17.3 Å². The van der Waals surface area contributed by atoms with E-state index in [2.05, 4.69) is 0 Å². The molecule has 2 atom stereocenters. The smallest absolute Gasteiger partial charge is 0.123 e. The molecule has 0 saturated carbocycles. The van der Waals surface area contributed by atoms with E-state index in [9.17, 15) is 9.50 Å². The van der Waals surface area contributed by atoms with Gasteiger partial charge in [-0.3, -0.25) is 0 Å². The van der Waals surface area contributed by atoms with Crippen molar-refractivity contribution in [3.8, 4) is 0 Å². The number of anilines is 1. The zero-order valence-corrected chi connectivity index (χ0v) is 11.9. The highest BCUT2D eigenvalue weighted by molar-refractivity contribution is 5.48. The van der Waals surface area contributed by atoms with Crippen molar-refractivity contribution in [1.82, 2.24) is 0 Å². The van der Waals surface area contributed by atoms with E-state index in [0.717, 1.165) is 0 Å². The second kappa shape index (κ2) is 4.46. The maximum atomic E-state index is 13.3. The third kappa shape index (κ3) is 2.74. The normalized spacial score (nSPS) is 26.3. The third-order valence-corrected chi connectivity index (χ3v) is 3.89. The first-order valence-electron chi connectivity index (χ1n) is 6.55. The van der Waals surface area contributed by atoms with Crippen LogP contribution in [0.1, 0.15) is 45.8 Å². The van der Waals surface area contributed by atoms with Crippen LogP contribution in [0, 0.1) is 11.7 Å². The lowest BCUT2D eigenvalue weighted by molar-refractivity contribution is -0.0879. The van der Waals surface area contributed by atoms with Crippen LogP contribution in [0.2, 0.25) is 0 Å². The van der Waals surface area contributed by atoms with Crippen LogP contribution in [0.3, 0.4) is 0 Å². The number of hydrogen-bond acceptors (Lipinski definition) is 3. The van der Waals surface area contributed by atoms with Crippen molar-refractivity contribution in [3.63, 3.8) is 0 Å². The topological polar surface area (TPSA) is 55.5 Å². The summed E-state index contributed by atoms with van der Waals surface area (Å²) in [5.74, 6) is -0.508. The molecule has 3 nitrogen and oxygen atoms in total. The lowest BCUT2D eigenvalue weighted by atomic mass is 9.80. The predicted octanol–water partition coefficient (Wildman–Crippen LogP) is 3.04. The van der Waals surface area contributed by atoms with Gasteiger partial charge < -0.3 is 15.6 Å². The summed E-state index contributed by atoms with van der Waals surface area (Å²) >= 11 is 0.